The molecule has 1 aliphatic carbocycles. The van der Waals surface area contributed by atoms with Gasteiger partial charge in [0.2, 0.25) is 5.88 Å². The van der Waals surface area contributed by atoms with Crippen LogP contribution in [-0.4, -0.2) is 34.1 Å². The molecular weight excluding hydrogens is 318 g/mol. The molecule has 1 aliphatic heterocycles. The van der Waals surface area contributed by atoms with E-state index in [-0.39, 0.29) is 12.6 Å². The maximum Gasteiger partial charge on any atom is 0.331 e. The van der Waals surface area contributed by atoms with Crippen LogP contribution in [-0.2, 0) is 9.53 Å². The maximum absolute atomic E-state index is 11.3. The Bertz CT molecular complexity index is 845. The number of ether oxygens (including phenoxy) is 2. The van der Waals surface area contributed by atoms with Crippen molar-refractivity contribution in [2.75, 3.05) is 13.2 Å². The first kappa shape index (κ1) is 15.7. The Morgan fingerprint density at radius 1 is 1.24 bits per heavy atom. The van der Waals surface area contributed by atoms with Crippen LogP contribution in [0.3, 0.4) is 0 Å². The lowest BCUT2D eigenvalue weighted by Gasteiger charge is -2.11. The molecule has 1 fully saturated rings. The lowest BCUT2D eigenvalue weighted by molar-refractivity contribution is -0.134. The predicted molar refractivity (Wildman–Crippen MR) is 91.0 cm³/mol. The van der Waals surface area contributed by atoms with Gasteiger partial charge >= 0.3 is 5.97 Å². The minimum Gasteiger partial charge on any atom is -0.477 e. The molecule has 0 saturated heterocycles. The highest BCUT2D eigenvalue weighted by molar-refractivity contribution is 5.96. The summed E-state index contributed by atoms with van der Waals surface area (Å²) in [4.78, 5) is 24.4. The molecule has 4 rings (SSSR count). The molecule has 6 heteroatoms. The van der Waals surface area contributed by atoms with Gasteiger partial charge < -0.3 is 9.47 Å². The van der Waals surface area contributed by atoms with Gasteiger partial charge in [-0.15, -0.1) is 0 Å². The lowest BCUT2D eigenvalue weighted by atomic mass is 10.1. The van der Waals surface area contributed by atoms with Gasteiger partial charge in [0.1, 0.15) is 12.4 Å². The van der Waals surface area contributed by atoms with Crippen molar-refractivity contribution in [2.45, 2.75) is 26.2 Å². The van der Waals surface area contributed by atoms with E-state index in [0.717, 1.165) is 23.3 Å². The number of carbonyl (C=O) groups is 1. The highest BCUT2D eigenvalue weighted by Gasteiger charge is 2.40. The second-order valence-corrected chi connectivity index (χ2v) is 6.59. The van der Waals surface area contributed by atoms with Crippen molar-refractivity contribution < 1.29 is 14.3 Å². The Hall–Kier alpha value is -2.76. The zero-order valence-corrected chi connectivity index (χ0v) is 14.2. The number of hydrogen-bond donors (Lipinski definition) is 0. The Morgan fingerprint density at radius 2 is 2.12 bits per heavy atom. The van der Waals surface area contributed by atoms with Gasteiger partial charge in [0.15, 0.2) is 0 Å². The van der Waals surface area contributed by atoms with Crippen LogP contribution >= 0.6 is 0 Å². The van der Waals surface area contributed by atoms with Crippen LogP contribution in [0.25, 0.3) is 5.57 Å². The molecule has 0 spiro atoms. The summed E-state index contributed by atoms with van der Waals surface area (Å²) in [5, 5.41) is 0. The highest BCUT2D eigenvalue weighted by Crippen LogP contribution is 2.46. The number of pyridine rings is 1. The topological polar surface area (TPSA) is 74.2 Å². The van der Waals surface area contributed by atoms with Crippen LogP contribution in [0, 0.1) is 19.8 Å². The van der Waals surface area contributed by atoms with E-state index in [4.69, 9.17) is 9.47 Å². The minimum atomic E-state index is -0.339. The van der Waals surface area contributed by atoms with Gasteiger partial charge in [-0.2, -0.15) is 4.98 Å². The third-order valence-electron chi connectivity index (χ3n) is 4.55. The van der Waals surface area contributed by atoms with E-state index in [2.05, 4.69) is 27.1 Å². The first-order chi connectivity index (χ1) is 12.1. The third-order valence-corrected chi connectivity index (χ3v) is 4.55. The Balaban J connectivity index is 1.45. The van der Waals surface area contributed by atoms with Crippen molar-refractivity contribution in [3.63, 3.8) is 0 Å². The smallest absolute Gasteiger partial charge is 0.331 e. The quantitative estimate of drug-likeness (QED) is 0.781. The number of carbonyl (C=O) groups excluding carboxylic acids is 1. The van der Waals surface area contributed by atoms with Crippen molar-refractivity contribution in [2.24, 2.45) is 5.92 Å². The molecular formula is C19H19N3O3. The number of nitrogens with zero attached hydrogens (tertiary/aromatic N) is 3. The molecule has 128 valence electrons. The summed E-state index contributed by atoms with van der Waals surface area (Å²) in [6.07, 6.45) is 6.13. The maximum atomic E-state index is 11.3. The van der Waals surface area contributed by atoms with Gasteiger partial charge in [-0.25, -0.2) is 9.78 Å². The summed E-state index contributed by atoms with van der Waals surface area (Å²) >= 11 is 0. The summed E-state index contributed by atoms with van der Waals surface area (Å²) in [5.41, 5.74) is 3.77. The standard InChI is InChI=1S/C19H19N3O3/c1-11-3-4-17(21-7-11)15-5-13(15)10-25-19-16(8-20-12(2)22-19)14-6-18(23)24-9-14/h3-4,6-8,13,15H,5,9-10H2,1-2H3. The predicted octanol–water partition coefficient (Wildman–Crippen LogP) is 2.61. The van der Waals surface area contributed by atoms with Crippen molar-refractivity contribution in [1.82, 2.24) is 15.0 Å². The molecule has 0 N–H and O–H groups in total. The molecule has 3 heterocycles. The molecule has 6 nitrogen and oxygen atoms in total. The summed E-state index contributed by atoms with van der Waals surface area (Å²) in [7, 11) is 0. The third kappa shape index (κ3) is 3.38. The van der Waals surface area contributed by atoms with Crippen molar-refractivity contribution in [3.8, 4) is 5.88 Å². The van der Waals surface area contributed by atoms with E-state index in [0.29, 0.717) is 30.1 Å². The highest BCUT2D eigenvalue weighted by atomic mass is 16.5. The van der Waals surface area contributed by atoms with Gasteiger partial charge in [0.05, 0.1) is 12.2 Å². The van der Waals surface area contributed by atoms with E-state index in [1.165, 1.54) is 11.6 Å². The number of aromatic nitrogens is 3. The van der Waals surface area contributed by atoms with Crippen molar-refractivity contribution in [3.05, 3.63) is 53.2 Å². The summed E-state index contributed by atoms with van der Waals surface area (Å²) in [6, 6.07) is 4.18. The van der Waals surface area contributed by atoms with Crippen LogP contribution in [0.1, 0.15) is 35.0 Å². The molecule has 25 heavy (non-hydrogen) atoms. The van der Waals surface area contributed by atoms with E-state index in [1.54, 1.807) is 6.20 Å². The Kier molecular flexibility index (Phi) is 3.95. The minimum absolute atomic E-state index is 0.237. The fourth-order valence-electron chi connectivity index (χ4n) is 2.99. The second-order valence-electron chi connectivity index (χ2n) is 6.59. The Labute approximate surface area is 145 Å². The fraction of sp³-hybridized carbons (Fsp3) is 0.368. The molecule has 2 aromatic rings. The fourth-order valence-corrected chi connectivity index (χ4v) is 2.99. The number of hydrogen-bond acceptors (Lipinski definition) is 6. The first-order valence-electron chi connectivity index (χ1n) is 8.37. The molecule has 2 atom stereocenters. The zero-order valence-electron chi connectivity index (χ0n) is 14.2. The van der Waals surface area contributed by atoms with E-state index >= 15 is 0 Å². The van der Waals surface area contributed by atoms with Crippen LogP contribution in [0.2, 0.25) is 0 Å². The number of cyclic esters (lactones) is 1. The Morgan fingerprint density at radius 3 is 2.84 bits per heavy atom. The van der Waals surface area contributed by atoms with Gasteiger partial charge in [-0.05, 0) is 31.9 Å². The van der Waals surface area contributed by atoms with Crippen LogP contribution < -0.4 is 4.74 Å². The van der Waals surface area contributed by atoms with E-state index in [9.17, 15) is 4.79 Å². The average Bonchev–Trinajstić information content (AvgIpc) is 3.25. The number of esters is 1. The van der Waals surface area contributed by atoms with Gasteiger partial charge in [-0.3, -0.25) is 4.98 Å². The molecule has 0 aromatic carbocycles. The van der Waals surface area contributed by atoms with Gasteiger partial charge in [-0.1, -0.05) is 6.07 Å². The summed E-state index contributed by atoms with van der Waals surface area (Å²) in [6.45, 7) is 4.67. The second kappa shape index (κ2) is 6.27. The van der Waals surface area contributed by atoms with Gasteiger partial charge in [0.25, 0.3) is 0 Å². The normalized spacial score (nSPS) is 21.7. The van der Waals surface area contributed by atoms with Crippen molar-refractivity contribution in [1.29, 1.82) is 0 Å². The number of aryl methyl sites for hydroxylation is 2. The zero-order chi connectivity index (χ0) is 17.4. The van der Waals surface area contributed by atoms with Crippen LogP contribution in [0.5, 0.6) is 5.88 Å². The molecule has 2 aliphatic rings. The molecule has 0 bridgehead atoms. The largest absolute Gasteiger partial charge is 0.477 e. The molecule has 2 unspecified atom stereocenters. The summed E-state index contributed by atoms with van der Waals surface area (Å²) in [5.74, 6) is 1.70. The van der Waals surface area contributed by atoms with Crippen molar-refractivity contribution >= 4 is 11.5 Å². The first-order valence-corrected chi connectivity index (χ1v) is 8.37. The van der Waals surface area contributed by atoms with Crippen LogP contribution in [0.4, 0.5) is 0 Å². The monoisotopic (exact) mass is 337 g/mol. The van der Waals surface area contributed by atoms with Crippen LogP contribution in [0.15, 0.2) is 30.6 Å². The van der Waals surface area contributed by atoms with Gasteiger partial charge in [0, 0.05) is 41.6 Å². The number of rotatable bonds is 5. The van der Waals surface area contributed by atoms with E-state index in [1.807, 2.05) is 20.0 Å². The van der Waals surface area contributed by atoms with E-state index < -0.39 is 0 Å². The molecule has 1 saturated carbocycles. The lowest BCUT2D eigenvalue weighted by Crippen LogP contribution is -2.07. The summed E-state index contributed by atoms with van der Waals surface area (Å²) < 4.78 is 11.0. The molecule has 2 aromatic heterocycles. The molecule has 0 radical (unpaired) electrons. The SMILES string of the molecule is Cc1ccc(C2CC2COc2nc(C)ncc2C2=CC(=O)OC2)nc1. The molecule has 0 amide bonds. The average molecular weight is 337 g/mol.